The Morgan fingerprint density at radius 2 is 1.80 bits per heavy atom. The number of nitrogens with zero attached hydrogens (tertiary/aromatic N) is 1. The van der Waals surface area contributed by atoms with Crippen LogP contribution in [0.2, 0.25) is 0 Å². The summed E-state index contributed by atoms with van der Waals surface area (Å²) in [6.07, 6.45) is -4.41. The lowest BCUT2D eigenvalue weighted by atomic mass is 10.2. The van der Waals surface area contributed by atoms with E-state index in [9.17, 15) is 13.2 Å². The molecule has 0 bridgehead atoms. The maximum atomic E-state index is 12.4. The molecule has 0 radical (unpaired) electrons. The lowest BCUT2D eigenvalue weighted by Crippen LogP contribution is -2.07. The molecule has 0 saturated heterocycles. The maximum Gasteiger partial charge on any atom is 0.433 e. The molecule has 1 aromatic carbocycles. The number of benzene rings is 1. The maximum absolute atomic E-state index is 12.4. The van der Waals surface area contributed by atoms with Gasteiger partial charge in [-0.2, -0.15) is 13.2 Å². The Bertz CT molecular complexity index is 507. The van der Waals surface area contributed by atoms with Crippen LogP contribution in [0, 0.1) is 0 Å². The Morgan fingerprint density at radius 1 is 1.13 bits per heavy atom. The second kappa shape index (κ2) is 3.48. The number of rotatable bonds is 0. The third-order valence-electron chi connectivity index (χ3n) is 1.96. The summed E-state index contributed by atoms with van der Waals surface area (Å²) >= 11 is 3.10. The van der Waals surface area contributed by atoms with E-state index in [1.807, 2.05) is 0 Å². The molecule has 0 saturated carbocycles. The summed E-state index contributed by atoms with van der Waals surface area (Å²) in [6.45, 7) is 0. The van der Waals surface area contributed by atoms with E-state index in [4.69, 9.17) is 0 Å². The van der Waals surface area contributed by atoms with Crippen LogP contribution >= 0.6 is 15.9 Å². The normalized spacial score (nSPS) is 12.0. The van der Waals surface area contributed by atoms with Gasteiger partial charge in [-0.25, -0.2) is 4.98 Å². The molecular formula is C10H5BrF3N. The van der Waals surface area contributed by atoms with Gasteiger partial charge in [-0.1, -0.05) is 34.1 Å². The summed E-state index contributed by atoms with van der Waals surface area (Å²) in [6, 6.07) is 7.66. The molecule has 1 heterocycles. The van der Waals surface area contributed by atoms with Gasteiger partial charge in [0.15, 0.2) is 0 Å². The van der Waals surface area contributed by atoms with E-state index >= 15 is 0 Å². The van der Waals surface area contributed by atoms with Crippen molar-refractivity contribution in [2.75, 3.05) is 0 Å². The second-order valence-corrected chi connectivity index (χ2v) is 3.86. The van der Waals surface area contributed by atoms with Gasteiger partial charge in [-0.3, -0.25) is 0 Å². The predicted octanol–water partition coefficient (Wildman–Crippen LogP) is 4.02. The van der Waals surface area contributed by atoms with Gasteiger partial charge in [-0.15, -0.1) is 0 Å². The standard InChI is InChI=1S/C10H5BrF3N/c11-7-5-9(10(12,13)14)15-8-4-2-1-3-6(7)8/h1-5H. The van der Waals surface area contributed by atoms with E-state index in [1.165, 1.54) is 0 Å². The van der Waals surface area contributed by atoms with Gasteiger partial charge < -0.3 is 0 Å². The van der Waals surface area contributed by atoms with Gasteiger partial charge in [0.25, 0.3) is 0 Å². The van der Waals surface area contributed by atoms with Crippen LogP contribution in [-0.4, -0.2) is 4.98 Å². The van der Waals surface area contributed by atoms with E-state index in [2.05, 4.69) is 20.9 Å². The van der Waals surface area contributed by atoms with Gasteiger partial charge >= 0.3 is 6.18 Å². The molecule has 1 nitrogen and oxygen atoms in total. The minimum absolute atomic E-state index is 0.333. The lowest BCUT2D eigenvalue weighted by molar-refractivity contribution is -0.141. The number of hydrogen-bond acceptors (Lipinski definition) is 1. The molecule has 0 N–H and O–H groups in total. The third kappa shape index (κ3) is 1.97. The summed E-state index contributed by atoms with van der Waals surface area (Å²) in [5, 5.41) is 0.672. The topological polar surface area (TPSA) is 12.9 Å². The molecule has 0 aliphatic carbocycles. The fraction of sp³-hybridized carbons (Fsp3) is 0.100. The third-order valence-corrected chi connectivity index (χ3v) is 2.61. The van der Waals surface area contributed by atoms with Crippen molar-refractivity contribution in [3.63, 3.8) is 0 Å². The van der Waals surface area contributed by atoms with E-state index in [1.54, 1.807) is 24.3 Å². The highest BCUT2D eigenvalue weighted by molar-refractivity contribution is 9.10. The number of alkyl halides is 3. The zero-order valence-electron chi connectivity index (χ0n) is 7.35. The predicted molar refractivity (Wildman–Crippen MR) is 54.4 cm³/mol. The zero-order valence-corrected chi connectivity index (χ0v) is 8.93. The Balaban J connectivity index is 2.73. The molecule has 0 aliphatic heterocycles. The molecule has 5 heteroatoms. The lowest BCUT2D eigenvalue weighted by Gasteiger charge is -2.08. The van der Waals surface area contributed by atoms with E-state index < -0.39 is 11.9 Å². The van der Waals surface area contributed by atoms with Crippen LogP contribution < -0.4 is 0 Å². The Labute approximate surface area is 92.1 Å². The summed E-state index contributed by atoms with van der Waals surface area (Å²) in [5.41, 5.74) is -0.549. The van der Waals surface area contributed by atoms with Crippen molar-refractivity contribution in [1.29, 1.82) is 0 Å². The SMILES string of the molecule is FC(F)(F)c1cc(Br)c2ccccc2n1. The molecule has 2 rings (SSSR count). The quantitative estimate of drug-likeness (QED) is 0.708. The summed E-state index contributed by atoms with van der Waals surface area (Å²) in [4.78, 5) is 3.55. The van der Waals surface area contributed by atoms with Gasteiger partial charge in [0.1, 0.15) is 5.69 Å². The average Bonchev–Trinajstić information content (AvgIpc) is 2.16. The summed E-state index contributed by atoms with van der Waals surface area (Å²) in [7, 11) is 0. The molecular weight excluding hydrogens is 271 g/mol. The number of pyridine rings is 1. The van der Waals surface area contributed by atoms with Crippen LogP contribution in [0.1, 0.15) is 5.69 Å². The zero-order chi connectivity index (χ0) is 11.1. The minimum Gasteiger partial charge on any atom is -0.243 e. The van der Waals surface area contributed by atoms with Crippen LogP contribution in [0.4, 0.5) is 13.2 Å². The summed E-state index contributed by atoms with van der Waals surface area (Å²) in [5.74, 6) is 0. The summed E-state index contributed by atoms with van der Waals surface area (Å²) < 4.78 is 37.6. The number of hydrogen-bond donors (Lipinski definition) is 0. The first-order valence-corrected chi connectivity index (χ1v) is 4.90. The smallest absolute Gasteiger partial charge is 0.243 e. The monoisotopic (exact) mass is 275 g/mol. The minimum atomic E-state index is -4.41. The number of aromatic nitrogens is 1. The number of para-hydroxylation sites is 1. The van der Waals surface area contributed by atoms with Gasteiger partial charge in [0, 0.05) is 9.86 Å². The molecule has 0 unspecified atom stereocenters. The number of halogens is 4. The fourth-order valence-electron chi connectivity index (χ4n) is 1.28. The van der Waals surface area contributed by atoms with Crippen molar-refractivity contribution in [2.45, 2.75) is 6.18 Å². The largest absolute Gasteiger partial charge is 0.433 e. The van der Waals surface area contributed by atoms with Crippen molar-refractivity contribution >= 4 is 26.8 Å². The Hall–Kier alpha value is -1.10. The van der Waals surface area contributed by atoms with Crippen LogP contribution in [-0.2, 0) is 6.18 Å². The van der Waals surface area contributed by atoms with Crippen LogP contribution in [0.15, 0.2) is 34.8 Å². The van der Waals surface area contributed by atoms with Gasteiger partial charge in [0.05, 0.1) is 5.52 Å². The van der Waals surface area contributed by atoms with E-state index in [0.29, 0.717) is 15.4 Å². The van der Waals surface area contributed by atoms with E-state index in [0.717, 1.165) is 6.07 Å². The van der Waals surface area contributed by atoms with Crippen molar-refractivity contribution in [3.8, 4) is 0 Å². The highest BCUT2D eigenvalue weighted by atomic mass is 79.9. The van der Waals surface area contributed by atoms with Crippen LogP contribution in [0.5, 0.6) is 0 Å². The molecule has 2 aromatic rings. The van der Waals surface area contributed by atoms with Crippen LogP contribution in [0.3, 0.4) is 0 Å². The van der Waals surface area contributed by atoms with Crippen molar-refractivity contribution in [3.05, 3.63) is 40.5 Å². The first kappa shape index (κ1) is 10.4. The first-order valence-electron chi connectivity index (χ1n) is 4.11. The molecule has 0 spiro atoms. The van der Waals surface area contributed by atoms with Gasteiger partial charge in [-0.05, 0) is 12.1 Å². The molecule has 0 fully saturated rings. The van der Waals surface area contributed by atoms with Crippen molar-refractivity contribution in [2.24, 2.45) is 0 Å². The Kier molecular flexibility index (Phi) is 2.42. The highest BCUT2D eigenvalue weighted by Gasteiger charge is 2.33. The second-order valence-electron chi connectivity index (χ2n) is 3.00. The van der Waals surface area contributed by atoms with Gasteiger partial charge in [0.2, 0.25) is 0 Å². The average molecular weight is 276 g/mol. The molecule has 0 amide bonds. The molecule has 0 aliphatic rings. The Morgan fingerprint density at radius 3 is 2.47 bits per heavy atom. The molecule has 0 atom stereocenters. The molecule has 15 heavy (non-hydrogen) atoms. The number of fused-ring (bicyclic) bond motifs is 1. The van der Waals surface area contributed by atoms with Crippen LogP contribution in [0.25, 0.3) is 10.9 Å². The van der Waals surface area contributed by atoms with Crippen molar-refractivity contribution in [1.82, 2.24) is 4.98 Å². The molecule has 78 valence electrons. The van der Waals surface area contributed by atoms with E-state index in [-0.39, 0.29) is 0 Å². The van der Waals surface area contributed by atoms with Crippen molar-refractivity contribution < 1.29 is 13.2 Å². The first-order chi connectivity index (χ1) is 6.98. The molecule has 1 aromatic heterocycles. The fourth-order valence-corrected chi connectivity index (χ4v) is 1.83. The highest BCUT2D eigenvalue weighted by Crippen LogP contribution is 2.32.